The summed E-state index contributed by atoms with van der Waals surface area (Å²) < 4.78 is 4.86. The topological polar surface area (TPSA) is 50.4 Å². The Morgan fingerprint density at radius 2 is 2.05 bits per heavy atom. The molecule has 0 bridgehead atoms. The quantitative estimate of drug-likeness (QED) is 0.488. The number of hydrogen-bond donors (Lipinski definition) is 2. The van der Waals surface area contributed by atoms with Gasteiger partial charge < -0.3 is 10.1 Å². The molecule has 1 rings (SSSR count). The molecule has 0 heterocycles. The Balaban J connectivity index is 2.38. The van der Waals surface area contributed by atoms with Gasteiger partial charge in [-0.25, -0.2) is 0 Å². The van der Waals surface area contributed by atoms with Gasteiger partial charge in [-0.15, -0.1) is 0 Å². The van der Waals surface area contributed by atoms with E-state index in [0.717, 1.165) is 5.56 Å². The molecule has 0 saturated carbocycles. The zero-order valence-electron chi connectivity index (χ0n) is 11.1. The van der Waals surface area contributed by atoms with Crippen molar-refractivity contribution in [2.75, 3.05) is 20.3 Å². The lowest BCUT2D eigenvalue weighted by Gasteiger charge is -2.06. The van der Waals surface area contributed by atoms with Crippen LogP contribution in [0.2, 0.25) is 0 Å². The molecule has 102 valence electrons. The first kappa shape index (κ1) is 15.3. The molecule has 2 N–H and O–H groups in total. The predicted octanol–water partition coefficient (Wildman–Crippen LogP) is 1.65. The highest BCUT2D eigenvalue weighted by Gasteiger charge is 1.99. The molecule has 0 atom stereocenters. The van der Waals surface area contributed by atoms with E-state index in [-0.39, 0.29) is 5.91 Å². The molecule has 19 heavy (non-hydrogen) atoms. The second-order valence-corrected chi connectivity index (χ2v) is 4.39. The van der Waals surface area contributed by atoms with Crippen LogP contribution in [0.4, 0.5) is 0 Å². The van der Waals surface area contributed by atoms with E-state index in [1.807, 2.05) is 31.2 Å². The fourth-order valence-electron chi connectivity index (χ4n) is 1.31. The van der Waals surface area contributed by atoms with Gasteiger partial charge in [-0.2, -0.15) is 0 Å². The normalized spacial score (nSPS) is 10.4. The van der Waals surface area contributed by atoms with Crippen LogP contribution in [0.1, 0.15) is 11.1 Å². The van der Waals surface area contributed by atoms with Crippen molar-refractivity contribution >= 4 is 29.3 Å². The van der Waals surface area contributed by atoms with Gasteiger partial charge in [-0.1, -0.05) is 29.8 Å². The van der Waals surface area contributed by atoms with E-state index >= 15 is 0 Å². The highest BCUT2D eigenvalue weighted by Crippen LogP contribution is 2.04. The maximum Gasteiger partial charge on any atom is 0.250 e. The van der Waals surface area contributed by atoms with Crippen molar-refractivity contribution in [3.63, 3.8) is 0 Å². The van der Waals surface area contributed by atoms with Gasteiger partial charge in [0, 0.05) is 19.7 Å². The van der Waals surface area contributed by atoms with Gasteiger partial charge in [-0.3, -0.25) is 10.1 Å². The number of benzene rings is 1. The first-order chi connectivity index (χ1) is 9.11. The lowest BCUT2D eigenvalue weighted by molar-refractivity contribution is -0.115. The number of aryl methyl sites for hydroxylation is 1. The number of nitrogens with one attached hydrogen (secondary N) is 2. The molecular weight excluding hydrogens is 260 g/mol. The van der Waals surface area contributed by atoms with Crippen molar-refractivity contribution in [1.82, 2.24) is 10.6 Å². The summed E-state index contributed by atoms with van der Waals surface area (Å²) in [7, 11) is 1.60. The predicted molar refractivity (Wildman–Crippen MR) is 80.8 cm³/mol. The molecule has 1 amide bonds. The van der Waals surface area contributed by atoms with E-state index in [4.69, 9.17) is 17.0 Å². The van der Waals surface area contributed by atoms with Crippen molar-refractivity contribution in [3.8, 4) is 0 Å². The Kier molecular flexibility index (Phi) is 6.78. The van der Waals surface area contributed by atoms with Crippen LogP contribution in [-0.4, -0.2) is 31.3 Å². The number of ether oxygens (including phenoxy) is 1. The van der Waals surface area contributed by atoms with Crippen LogP contribution in [0.5, 0.6) is 0 Å². The number of hydrogen-bond acceptors (Lipinski definition) is 3. The van der Waals surface area contributed by atoms with Crippen molar-refractivity contribution in [2.45, 2.75) is 6.92 Å². The van der Waals surface area contributed by atoms with E-state index in [1.165, 1.54) is 11.6 Å². The number of amides is 1. The lowest BCUT2D eigenvalue weighted by Crippen LogP contribution is -2.39. The van der Waals surface area contributed by atoms with Gasteiger partial charge in [0.1, 0.15) is 0 Å². The van der Waals surface area contributed by atoms with E-state index in [0.29, 0.717) is 18.3 Å². The minimum Gasteiger partial charge on any atom is -0.383 e. The average molecular weight is 278 g/mol. The summed E-state index contributed by atoms with van der Waals surface area (Å²) in [6.07, 6.45) is 3.20. The highest BCUT2D eigenvalue weighted by atomic mass is 32.1. The second kappa shape index (κ2) is 8.39. The summed E-state index contributed by atoms with van der Waals surface area (Å²) >= 11 is 4.96. The molecule has 5 heteroatoms. The first-order valence-corrected chi connectivity index (χ1v) is 6.35. The third-order valence-electron chi connectivity index (χ3n) is 2.33. The van der Waals surface area contributed by atoms with E-state index in [1.54, 1.807) is 13.2 Å². The summed E-state index contributed by atoms with van der Waals surface area (Å²) in [5.74, 6) is -0.254. The summed E-state index contributed by atoms with van der Waals surface area (Å²) in [4.78, 5) is 11.6. The number of thiocarbonyl (C=S) groups is 1. The summed E-state index contributed by atoms with van der Waals surface area (Å²) in [5, 5.41) is 5.72. The molecular formula is C14H18N2O2S. The number of rotatable bonds is 5. The molecule has 0 aliphatic heterocycles. The number of carbonyl (C=O) groups is 1. The monoisotopic (exact) mass is 278 g/mol. The zero-order chi connectivity index (χ0) is 14.1. The van der Waals surface area contributed by atoms with Gasteiger partial charge in [0.25, 0.3) is 0 Å². The third-order valence-corrected chi connectivity index (χ3v) is 2.58. The Morgan fingerprint density at radius 3 is 2.68 bits per heavy atom. The molecule has 0 radical (unpaired) electrons. The Hall–Kier alpha value is -1.72. The van der Waals surface area contributed by atoms with Gasteiger partial charge in [0.2, 0.25) is 5.91 Å². The molecule has 0 fully saturated rings. The van der Waals surface area contributed by atoms with Crippen molar-refractivity contribution in [3.05, 3.63) is 41.5 Å². The van der Waals surface area contributed by atoms with Crippen LogP contribution in [-0.2, 0) is 9.53 Å². The fraction of sp³-hybridized carbons (Fsp3) is 0.286. The van der Waals surface area contributed by atoms with Crippen LogP contribution in [0, 0.1) is 6.92 Å². The van der Waals surface area contributed by atoms with Crippen LogP contribution in [0.3, 0.4) is 0 Å². The van der Waals surface area contributed by atoms with Gasteiger partial charge >= 0.3 is 0 Å². The van der Waals surface area contributed by atoms with Crippen LogP contribution in [0.25, 0.3) is 6.08 Å². The number of carbonyl (C=O) groups excluding carboxylic acids is 1. The Bertz CT molecular complexity index is 455. The Labute approximate surface area is 118 Å². The second-order valence-electron chi connectivity index (χ2n) is 3.98. The highest BCUT2D eigenvalue weighted by molar-refractivity contribution is 7.80. The minimum atomic E-state index is -0.254. The SMILES string of the molecule is COCCNC(=S)NC(=O)/C=C/c1ccc(C)cc1. The smallest absolute Gasteiger partial charge is 0.250 e. The maximum atomic E-state index is 11.6. The lowest BCUT2D eigenvalue weighted by atomic mass is 10.1. The molecule has 0 aliphatic carbocycles. The van der Waals surface area contributed by atoms with E-state index < -0.39 is 0 Å². The molecule has 0 unspecified atom stereocenters. The molecule has 1 aromatic rings. The summed E-state index contributed by atoms with van der Waals surface area (Å²) in [6, 6.07) is 7.89. The van der Waals surface area contributed by atoms with Crippen molar-refractivity contribution in [1.29, 1.82) is 0 Å². The maximum absolute atomic E-state index is 11.6. The van der Waals surface area contributed by atoms with E-state index in [9.17, 15) is 4.79 Å². The number of methoxy groups -OCH3 is 1. The van der Waals surface area contributed by atoms with Crippen LogP contribution >= 0.6 is 12.2 Å². The Morgan fingerprint density at radius 1 is 1.37 bits per heavy atom. The zero-order valence-corrected chi connectivity index (χ0v) is 11.9. The van der Waals surface area contributed by atoms with Gasteiger partial charge in [0.15, 0.2) is 5.11 Å². The summed E-state index contributed by atoms with van der Waals surface area (Å²) in [5.41, 5.74) is 2.16. The van der Waals surface area contributed by atoms with Crippen molar-refractivity contribution < 1.29 is 9.53 Å². The molecule has 0 spiro atoms. The third kappa shape index (κ3) is 6.69. The fourth-order valence-corrected chi connectivity index (χ4v) is 1.52. The van der Waals surface area contributed by atoms with Crippen molar-refractivity contribution in [2.24, 2.45) is 0 Å². The standard InChI is InChI=1S/C14H18N2O2S/c1-11-3-5-12(6-4-11)7-8-13(17)16-14(19)15-9-10-18-2/h3-8H,9-10H2,1-2H3,(H2,15,16,17,19)/b8-7+. The van der Waals surface area contributed by atoms with Crippen LogP contribution in [0.15, 0.2) is 30.3 Å². The molecule has 0 aromatic heterocycles. The largest absolute Gasteiger partial charge is 0.383 e. The summed E-state index contributed by atoms with van der Waals surface area (Å²) in [6.45, 7) is 3.12. The molecule has 4 nitrogen and oxygen atoms in total. The molecule has 1 aromatic carbocycles. The average Bonchev–Trinajstić information content (AvgIpc) is 2.38. The van der Waals surface area contributed by atoms with Gasteiger partial charge in [0.05, 0.1) is 6.61 Å². The molecule has 0 saturated heterocycles. The minimum absolute atomic E-state index is 0.254. The first-order valence-electron chi connectivity index (χ1n) is 5.94. The van der Waals surface area contributed by atoms with Gasteiger partial charge in [-0.05, 0) is 30.8 Å². The van der Waals surface area contributed by atoms with Crippen LogP contribution < -0.4 is 10.6 Å². The molecule has 0 aliphatic rings. The van der Waals surface area contributed by atoms with E-state index in [2.05, 4.69) is 10.6 Å².